The van der Waals surface area contributed by atoms with Gasteiger partial charge in [-0.05, 0) is 19.1 Å². The maximum atomic E-state index is 4.03. The number of nitrogens with zero attached hydrogens (tertiary/aromatic N) is 2. The van der Waals surface area contributed by atoms with Gasteiger partial charge in [-0.2, -0.15) is 10.2 Å². The van der Waals surface area contributed by atoms with Gasteiger partial charge in [-0.1, -0.05) is 18.2 Å². The van der Waals surface area contributed by atoms with E-state index in [-0.39, 0.29) is 21.1 Å². The van der Waals surface area contributed by atoms with E-state index >= 15 is 0 Å². The molecular weight excluding hydrogens is 331 g/mol. The van der Waals surface area contributed by atoms with Gasteiger partial charge in [0.15, 0.2) is 0 Å². The maximum Gasteiger partial charge on any atom is 0.0929 e. The zero-order valence-electron chi connectivity index (χ0n) is 6.60. The van der Waals surface area contributed by atoms with E-state index in [2.05, 4.69) is 10.2 Å². The van der Waals surface area contributed by atoms with Crippen LogP contribution in [-0.2, 0) is 21.1 Å². The van der Waals surface area contributed by atoms with Crippen molar-refractivity contribution in [3.63, 3.8) is 0 Å². The molecule has 0 N–H and O–H groups in total. The van der Waals surface area contributed by atoms with Crippen LogP contribution in [0, 0.1) is 6.92 Å². The molecule has 2 aromatic rings. The van der Waals surface area contributed by atoms with Crippen molar-refractivity contribution in [1.82, 2.24) is 10.2 Å². The summed E-state index contributed by atoms with van der Waals surface area (Å²) in [7, 11) is 0. The maximum absolute atomic E-state index is 4.03. The van der Waals surface area contributed by atoms with Crippen LogP contribution in [0.5, 0.6) is 0 Å². The molecule has 0 saturated heterocycles. The molecule has 0 aliphatic rings. The van der Waals surface area contributed by atoms with Crippen molar-refractivity contribution in [3.8, 4) is 0 Å². The molecule has 0 radical (unpaired) electrons. The van der Waals surface area contributed by atoms with Gasteiger partial charge in [-0.25, -0.2) is 0 Å². The van der Waals surface area contributed by atoms with E-state index in [1.807, 2.05) is 37.3 Å². The molecule has 0 atom stereocenters. The Balaban J connectivity index is 0.000000720. The Kier molecular flexibility index (Phi) is 2.93. The van der Waals surface area contributed by atoms with E-state index in [1.165, 1.54) is 0 Å². The molecule has 12 heavy (non-hydrogen) atoms. The van der Waals surface area contributed by atoms with Crippen molar-refractivity contribution in [3.05, 3.63) is 36.0 Å². The van der Waals surface area contributed by atoms with Crippen LogP contribution in [0.1, 0.15) is 5.69 Å². The molecule has 3 heteroatoms. The summed E-state index contributed by atoms with van der Waals surface area (Å²) >= 11 is 0. The second kappa shape index (κ2) is 3.77. The number of hydrogen-bond donors (Lipinski definition) is 0. The quantitative estimate of drug-likeness (QED) is 0.733. The van der Waals surface area contributed by atoms with Gasteiger partial charge < -0.3 is 0 Å². The van der Waals surface area contributed by atoms with Crippen molar-refractivity contribution < 1.29 is 21.1 Å². The monoisotopic (exact) mass is 339 g/mol. The van der Waals surface area contributed by atoms with Crippen molar-refractivity contribution in [2.75, 3.05) is 0 Å². The summed E-state index contributed by atoms with van der Waals surface area (Å²) in [6.45, 7) is 1.94. The van der Waals surface area contributed by atoms with E-state index in [9.17, 15) is 0 Å². The third kappa shape index (κ3) is 1.70. The molecule has 0 aliphatic carbocycles. The zero-order chi connectivity index (χ0) is 7.68. The van der Waals surface area contributed by atoms with Gasteiger partial charge >= 0.3 is 0 Å². The number of aromatic nitrogens is 2. The van der Waals surface area contributed by atoms with Crippen LogP contribution in [0.3, 0.4) is 0 Å². The Hall–Kier alpha value is -0.752. The number of benzene rings is 1. The molecule has 1 aromatic heterocycles. The van der Waals surface area contributed by atoms with E-state index in [4.69, 9.17) is 0 Å². The summed E-state index contributed by atoms with van der Waals surface area (Å²) in [5, 5.41) is 9.14. The van der Waals surface area contributed by atoms with Gasteiger partial charge in [-0.15, -0.1) is 0 Å². The summed E-state index contributed by atoms with van der Waals surface area (Å²) in [6, 6.07) is 10.00. The minimum absolute atomic E-state index is 0. The van der Waals surface area contributed by atoms with Gasteiger partial charge in [0.25, 0.3) is 0 Å². The van der Waals surface area contributed by atoms with E-state index < -0.39 is 0 Å². The molecule has 2 rings (SSSR count). The van der Waals surface area contributed by atoms with Crippen molar-refractivity contribution in [1.29, 1.82) is 0 Å². The Morgan fingerprint density at radius 2 is 1.83 bits per heavy atom. The fourth-order valence-electron chi connectivity index (χ4n) is 1.09. The van der Waals surface area contributed by atoms with Gasteiger partial charge in [0, 0.05) is 26.5 Å². The molecule has 0 spiro atoms. The molecule has 2 nitrogen and oxygen atoms in total. The topological polar surface area (TPSA) is 25.8 Å². The Labute approximate surface area is 85.3 Å². The first-order valence-electron chi connectivity index (χ1n) is 3.55. The summed E-state index contributed by atoms with van der Waals surface area (Å²) in [6.07, 6.45) is 0. The van der Waals surface area contributed by atoms with E-state index in [0.29, 0.717) is 0 Å². The zero-order valence-corrected chi connectivity index (χ0v) is 8.87. The van der Waals surface area contributed by atoms with Crippen LogP contribution in [0.25, 0.3) is 10.9 Å². The van der Waals surface area contributed by atoms with Crippen LogP contribution >= 0.6 is 0 Å². The fraction of sp³-hybridized carbons (Fsp3) is 0.111. The molecule has 64 valence electrons. The van der Waals surface area contributed by atoms with Gasteiger partial charge in [0.2, 0.25) is 0 Å². The number of hydrogen-bond acceptors (Lipinski definition) is 2. The third-order valence-corrected chi connectivity index (χ3v) is 1.62. The Bertz CT molecular complexity index is 387. The molecule has 0 aliphatic heterocycles. The minimum atomic E-state index is 0. The molecule has 0 amide bonds. The average Bonchev–Trinajstić information content (AvgIpc) is 2.04. The molecule has 0 unspecified atom stereocenters. The van der Waals surface area contributed by atoms with Gasteiger partial charge in [0.05, 0.1) is 11.2 Å². The summed E-state index contributed by atoms with van der Waals surface area (Å²) in [4.78, 5) is 0. The predicted molar refractivity (Wildman–Crippen MR) is 44.3 cm³/mol. The fourth-order valence-corrected chi connectivity index (χ4v) is 1.09. The molecule has 1 heterocycles. The molecule has 0 bridgehead atoms. The minimum Gasteiger partial charge on any atom is -0.155 e. The van der Waals surface area contributed by atoms with Crippen LogP contribution in [0.4, 0.5) is 0 Å². The summed E-state index contributed by atoms with van der Waals surface area (Å²) in [5.41, 5.74) is 1.92. The van der Waals surface area contributed by atoms with Gasteiger partial charge in [-0.3, -0.25) is 0 Å². The van der Waals surface area contributed by atoms with Crippen LogP contribution in [0.15, 0.2) is 30.3 Å². The average molecular weight is 339 g/mol. The molecular formula is C9H8N2Pt. The SMILES string of the molecule is Cc1cc2ccccc2nn1.[Pt]. The second-order valence-electron chi connectivity index (χ2n) is 2.54. The Morgan fingerprint density at radius 1 is 1.08 bits per heavy atom. The summed E-state index contributed by atoms with van der Waals surface area (Å²) < 4.78 is 0. The Morgan fingerprint density at radius 3 is 2.67 bits per heavy atom. The van der Waals surface area contributed by atoms with Crippen LogP contribution in [-0.4, -0.2) is 10.2 Å². The first-order valence-corrected chi connectivity index (χ1v) is 3.55. The molecule has 1 aromatic carbocycles. The van der Waals surface area contributed by atoms with Crippen LogP contribution < -0.4 is 0 Å². The largest absolute Gasteiger partial charge is 0.155 e. The van der Waals surface area contributed by atoms with Gasteiger partial charge in [0.1, 0.15) is 0 Å². The summed E-state index contributed by atoms with van der Waals surface area (Å²) in [5.74, 6) is 0. The van der Waals surface area contributed by atoms with Crippen molar-refractivity contribution in [2.45, 2.75) is 6.92 Å². The molecule has 0 fully saturated rings. The molecule has 0 saturated carbocycles. The van der Waals surface area contributed by atoms with E-state index in [1.54, 1.807) is 0 Å². The second-order valence-corrected chi connectivity index (χ2v) is 2.54. The number of rotatable bonds is 0. The standard InChI is InChI=1S/C9H8N2.Pt/c1-7-6-8-4-2-3-5-9(8)11-10-7;/h2-6H,1H3;. The number of fused-ring (bicyclic) bond motifs is 1. The first-order chi connectivity index (χ1) is 5.36. The normalized spacial score (nSPS) is 9.42. The number of aryl methyl sites for hydroxylation is 1. The van der Waals surface area contributed by atoms with Crippen molar-refractivity contribution in [2.24, 2.45) is 0 Å². The predicted octanol–water partition coefficient (Wildman–Crippen LogP) is 1.94. The van der Waals surface area contributed by atoms with Crippen LogP contribution in [0.2, 0.25) is 0 Å². The van der Waals surface area contributed by atoms with Crippen molar-refractivity contribution >= 4 is 10.9 Å². The third-order valence-electron chi connectivity index (χ3n) is 1.62. The first kappa shape index (κ1) is 9.34. The smallest absolute Gasteiger partial charge is 0.0929 e. The van der Waals surface area contributed by atoms with E-state index in [0.717, 1.165) is 16.6 Å².